The summed E-state index contributed by atoms with van der Waals surface area (Å²) >= 11 is 0. The van der Waals surface area contributed by atoms with Crippen molar-refractivity contribution in [1.29, 1.82) is 0 Å². The summed E-state index contributed by atoms with van der Waals surface area (Å²) in [6.07, 6.45) is 0. The molecule has 0 atom stereocenters. The molecule has 1 saturated heterocycles. The number of hydrogen-bond acceptors (Lipinski definition) is 4. The van der Waals surface area contributed by atoms with Crippen molar-refractivity contribution >= 4 is 11.7 Å². The van der Waals surface area contributed by atoms with E-state index in [0.29, 0.717) is 38.5 Å². The van der Waals surface area contributed by atoms with E-state index in [1.807, 2.05) is 85.5 Å². The molecule has 2 heterocycles. The van der Waals surface area contributed by atoms with Crippen LogP contribution >= 0.6 is 0 Å². The van der Waals surface area contributed by atoms with Crippen LogP contribution in [0.3, 0.4) is 0 Å². The van der Waals surface area contributed by atoms with Crippen molar-refractivity contribution in [2.24, 2.45) is 0 Å². The average molecular weight is 432 g/mol. The number of nitrogens with zero attached hydrogens (tertiary/aromatic N) is 3. The van der Waals surface area contributed by atoms with Gasteiger partial charge in [0.05, 0.1) is 6.54 Å². The monoisotopic (exact) mass is 431 g/mol. The number of ether oxygens (including phenoxy) is 1. The van der Waals surface area contributed by atoms with Crippen molar-refractivity contribution in [3.63, 3.8) is 0 Å². The van der Waals surface area contributed by atoms with Crippen LogP contribution in [0.4, 0.5) is 0 Å². The minimum absolute atomic E-state index is 0.0220. The number of rotatable bonds is 7. The Hall–Kier alpha value is -3.38. The fourth-order valence-corrected chi connectivity index (χ4v) is 4.22. The molecule has 0 radical (unpaired) electrons. The molecule has 1 aromatic heterocycles. The summed E-state index contributed by atoms with van der Waals surface area (Å²) in [5.74, 6) is 0.789. The summed E-state index contributed by atoms with van der Waals surface area (Å²) in [5, 5.41) is 0. The fraction of sp³-hybridized carbons (Fsp3) is 0.308. The third kappa shape index (κ3) is 4.92. The number of Topliss-reactive ketones (excluding diaryl/α,β-unsaturated/α-hetero) is 1. The normalized spacial score (nSPS) is 14.4. The molecule has 0 saturated carbocycles. The number of aromatic nitrogens is 1. The van der Waals surface area contributed by atoms with Crippen LogP contribution in [0.25, 0.3) is 5.69 Å². The smallest absolute Gasteiger partial charge is 0.260 e. The van der Waals surface area contributed by atoms with Crippen LogP contribution < -0.4 is 4.74 Å². The van der Waals surface area contributed by atoms with E-state index in [4.69, 9.17) is 4.74 Å². The zero-order valence-electron chi connectivity index (χ0n) is 18.7. The quantitative estimate of drug-likeness (QED) is 0.538. The summed E-state index contributed by atoms with van der Waals surface area (Å²) in [4.78, 5) is 29.4. The van der Waals surface area contributed by atoms with Gasteiger partial charge in [-0.3, -0.25) is 14.5 Å². The van der Waals surface area contributed by atoms with Gasteiger partial charge in [0.15, 0.2) is 12.4 Å². The lowest BCUT2D eigenvalue weighted by Crippen LogP contribution is -2.51. The van der Waals surface area contributed by atoms with E-state index >= 15 is 0 Å². The molecule has 166 valence electrons. The number of amides is 1. The van der Waals surface area contributed by atoms with Gasteiger partial charge in [0.2, 0.25) is 0 Å². The van der Waals surface area contributed by atoms with E-state index in [0.717, 1.165) is 22.6 Å². The number of benzene rings is 2. The molecule has 0 unspecified atom stereocenters. The molecule has 6 heteroatoms. The Morgan fingerprint density at radius 3 is 2.16 bits per heavy atom. The maximum atomic E-state index is 13.0. The van der Waals surface area contributed by atoms with Crippen molar-refractivity contribution in [3.8, 4) is 11.4 Å². The van der Waals surface area contributed by atoms with Crippen LogP contribution in [0.15, 0.2) is 66.7 Å². The fourth-order valence-electron chi connectivity index (χ4n) is 4.22. The maximum absolute atomic E-state index is 13.0. The van der Waals surface area contributed by atoms with Gasteiger partial charge in [0.25, 0.3) is 5.91 Å². The number of carbonyl (C=O) groups excluding carboxylic acids is 2. The molecule has 0 N–H and O–H groups in total. The predicted octanol–water partition coefficient (Wildman–Crippen LogP) is 3.50. The minimum Gasteiger partial charge on any atom is -0.484 e. The van der Waals surface area contributed by atoms with Gasteiger partial charge in [-0.05, 0) is 44.2 Å². The standard InChI is InChI=1S/C26H29N3O3/c1-20-17-24(21(2)29(20)22-9-5-3-6-10-22)25(30)18-27-13-15-28(16-14-27)26(31)19-32-23-11-7-4-8-12-23/h3-12,17H,13-16,18-19H2,1-2H3. The van der Waals surface area contributed by atoms with Gasteiger partial charge >= 0.3 is 0 Å². The van der Waals surface area contributed by atoms with Crippen LogP contribution in [0.2, 0.25) is 0 Å². The summed E-state index contributed by atoms with van der Waals surface area (Å²) < 4.78 is 7.69. The Balaban J connectivity index is 1.31. The van der Waals surface area contributed by atoms with Crippen molar-refractivity contribution < 1.29 is 14.3 Å². The minimum atomic E-state index is -0.0220. The second-order valence-electron chi connectivity index (χ2n) is 8.14. The van der Waals surface area contributed by atoms with E-state index < -0.39 is 0 Å². The first-order valence-electron chi connectivity index (χ1n) is 11.0. The first-order valence-corrected chi connectivity index (χ1v) is 11.0. The van der Waals surface area contributed by atoms with Crippen molar-refractivity contribution in [2.45, 2.75) is 13.8 Å². The molecule has 4 rings (SSSR count). The van der Waals surface area contributed by atoms with Crippen LogP contribution in [0.1, 0.15) is 21.7 Å². The van der Waals surface area contributed by atoms with Crippen molar-refractivity contribution in [3.05, 3.63) is 83.7 Å². The Labute approximate surface area is 189 Å². The summed E-state index contributed by atoms with van der Waals surface area (Å²) in [5.41, 5.74) is 3.84. The molecule has 0 spiro atoms. The third-order valence-electron chi connectivity index (χ3n) is 5.94. The van der Waals surface area contributed by atoms with Gasteiger partial charge in [-0.25, -0.2) is 0 Å². The highest BCUT2D eigenvalue weighted by Gasteiger charge is 2.24. The summed E-state index contributed by atoms with van der Waals surface area (Å²) in [7, 11) is 0. The van der Waals surface area contributed by atoms with Gasteiger partial charge < -0.3 is 14.2 Å². The lowest BCUT2D eigenvalue weighted by atomic mass is 10.1. The second kappa shape index (κ2) is 9.83. The van der Waals surface area contributed by atoms with E-state index in [2.05, 4.69) is 9.47 Å². The Bertz CT molecular complexity index is 1070. The van der Waals surface area contributed by atoms with Crippen LogP contribution in [0.5, 0.6) is 5.75 Å². The second-order valence-corrected chi connectivity index (χ2v) is 8.14. The van der Waals surface area contributed by atoms with Gasteiger partial charge in [0.1, 0.15) is 5.75 Å². The number of carbonyl (C=O) groups is 2. The number of hydrogen-bond donors (Lipinski definition) is 0. The highest BCUT2D eigenvalue weighted by molar-refractivity contribution is 5.99. The Morgan fingerprint density at radius 1 is 0.875 bits per heavy atom. The molecule has 32 heavy (non-hydrogen) atoms. The number of aryl methyl sites for hydroxylation is 1. The zero-order chi connectivity index (χ0) is 22.5. The number of para-hydroxylation sites is 2. The zero-order valence-corrected chi connectivity index (χ0v) is 18.7. The molecule has 0 aliphatic carbocycles. The lowest BCUT2D eigenvalue weighted by Gasteiger charge is -2.34. The van der Waals surface area contributed by atoms with Crippen LogP contribution in [0, 0.1) is 13.8 Å². The summed E-state index contributed by atoms with van der Waals surface area (Å²) in [6, 6.07) is 21.4. The van der Waals surface area contributed by atoms with Crippen molar-refractivity contribution in [1.82, 2.24) is 14.4 Å². The Kier molecular flexibility index (Phi) is 6.71. The average Bonchev–Trinajstić information content (AvgIpc) is 3.13. The maximum Gasteiger partial charge on any atom is 0.260 e. The number of piperazine rings is 1. The topological polar surface area (TPSA) is 54.8 Å². The van der Waals surface area contributed by atoms with E-state index in [9.17, 15) is 9.59 Å². The number of ketones is 1. The largest absolute Gasteiger partial charge is 0.484 e. The molecule has 6 nitrogen and oxygen atoms in total. The molecule has 1 fully saturated rings. The van der Waals surface area contributed by atoms with Crippen LogP contribution in [-0.4, -0.2) is 65.4 Å². The van der Waals surface area contributed by atoms with Gasteiger partial charge in [-0.15, -0.1) is 0 Å². The predicted molar refractivity (Wildman–Crippen MR) is 125 cm³/mol. The van der Waals surface area contributed by atoms with E-state index in [1.165, 1.54) is 0 Å². The molecule has 1 amide bonds. The first-order chi connectivity index (χ1) is 15.5. The van der Waals surface area contributed by atoms with Gasteiger partial charge in [-0.1, -0.05) is 36.4 Å². The summed E-state index contributed by atoms with van der Waals surface area (Å²) in [6.45, 7) is 6.99. The van der Waals surface area contributed by atoms with Crippen LogP contribution in [-0.2, 0) is 4.79 Å². The molecular weight excluding hydrogens is 402 g/mol. The van der Waals surface area contributed by atoms with E-state index in [1.54, 1.807) is 0 Å². The molecular formula is C26H29N3O3. The highest BCUT2D eigenvalue weighted by Crippen LogP contribution is 2.21. The van der Waals surface area contributed by atoms with E-state index in [-0.39, 0.29) is 18.3 Å². The molecule has 3 aromatic rings. The van der Waals surface area contributed by atoms with Gasteiger partial charge in [0, 0.05) is 48.8 Å². The molecule has 1 aliphatic rings. The highest BCUT2D eigenvalue weighted by atomic mass is 16.5. The molecule has 0 bridgehead atoms. The Morgan fingerprint density at radius 2 is 1.50 bits per heavy atom. The third-order valence-corrected chi connectivity index (χ3v) is 5.94. The molecule has 2 aromatic carbocycles. The van der Waals surface area contributed by atoms with Gasteiger partial charge in [-0.2, -0.15) is 0 Å². The molecule has 1 aliphatic heterocycles. The van der Waals surface area contributed by atoms with Crippen molar-refractivity contribution in [2.75, 3.05) is 39.3 Å². The lowest BCUT2D eigenvalue weighted by molar-refractivity contribution is -0.135. The first kappa shape index (κ1) is 21.8. The SMILES string of the molecule is Cc1cc(C(=O)CN2CCN(C(=O)COc3ccccc3)CC2)c(C)n1-c1ccccc1.